The van der Waals surface area contributed by atoms with Crippen molar-refractivity contribution in [2.75, 3.05) is 0 Å². The minimum Gasteiger partial charge on any atom is -0.309 e. The minimum absolute atomic E-state index is 0.969. The Morgan fingerprint density at radius 1 is 0.657 bits per heavy atom. The van der Waals surface area contributed by atoms with Crippen LogP contribution < -0.4 is 4.57 Å². The quantitative estimate of drug-likeness (QED) is 0.200. The molecule has 7 rings (SSSR count). The highest BCUT2D eigenvalue weighted by atomic mass is 15.0. The summed E-state index contributed by atoms with van der Waals surface area (Å²) in [6.45, 7) is 2.19. The van der Waals surface area contributed by atoms with Gasteiger partial charge in [-0.05, 0) is 70.7 Å². The summed E-state index contributed by atoms with van der Waals surface area (Å²) >= 11 is 0. The molecule has 0 saturated carbocycles. The first-order valence-electron chi connectivity index (χ1n) is 12.0. The number of aromatic nitrogens is 3. The van der Waals surface area contributed by atoms with Crippen molar-refractivity contribution in [1.29, 1.82) is 0 Å². The summed E-state index contributed by atoms with van der Waals surface area (Å²) in [5, 5.41) is 6.12. The van der Waals surface area contributed by atoms with Crippen molar-refractivity contribution in [2.45, 2.75) is 6.92 Å². The van der Waals surface area contributed by atoms with E-state index in [2.05, 4.69) is 132 Å². The summed E-state index contributed by atoms with van der Waals surface area (Å²) in [4.78, 5) is 5.17. The molecule has 0 atom stereocenters. The number of para-hydroxylation sites is 2. The molecule has 35 heavy (non-hydrogen) atoms. The third-order valence-electron chi connectivity index (χ3n) is 7.06. The topological polar surface area (TPSA) is 21.7 Å². The van der Waals surface area contributed by atoms with Crippen molar-refractivity contribution in [3.63, 3.8) is 0 Å². The molecule has 0 fully saturated rings. The summed E-state index contributed by atoms with van der Waals surface area (Å²) < 4.78 is 4.52. The van der Waals surface area contributed by atoms with E-state index in [4.69, 9.17) is 4.98 Å². The average molecular weight is 451 g/mol. The molecule has 0 aliphatic carbocycles. The summed E-state index contributed by atoms with van der Waals surface area (Å²) in [5.41, 5.74) is 6.95. The Bertz CT molecular complexity index is 1910. The lowest BCUT2D eigenvalue weighted by atomic mass is 10.0. The molecule has 3 heteroatoms. The molecule has 0 aliphatic rings. The molecule has 0 spiro atoms. The maximum Gasteiger partial charge on any atom is 0.331 e. The number of benzene rings is 5. The number of hydrogen-bond acceptors (Lipinski definition) is 1. The Morgan fingerprint density at radius 3 is 2.20 bits per heavy atom. The smallest absolute Gasteiger partial charge is 0.309 e. The van der Waals surface area contributed by atoms with Gasteiger partial charge in [0.25, 0.3) is 0 Å². The van der Waals surface area contributed by atoms with Crippen LogP contribution in [0.25, 0.3) is 60.6 Å². The molecule has 7 aromatic rings. The number of aryl methyl sites for hydroxylation is 2. The van der Waals surface area contributed by atoms with Gasteiger partial charge in [-0.15, -0.1) is 0 Å². The highest BCUT2D eigenvalue weighted by Crippen LogP contribution is 2.36. The molecule has 0 N–H and O–H groups in total. The van der Waals surface area contributed by atoms with E-state index in [1.54, 1.807) is 0 Å². The van der Waals surface area contributed by atoms with Gasteiger partial charge in [0.15, 0.2) is 5.52 Å². The summed E-state index contributed by atoms with van der Waals surface area (Å²) in [5.74, 6) is 0.969. The van der Waals surface area contributed by atoms with Gasteiger partial charge >= 0.3 is 5.82 Å². The van der Waals surface area contributed by atoms with Gasteiger partial charge in [-0.2, -0.15) is 0 Å². The first-order valence-corrected chi connectivity index (χ1v) is 12.0. The van der Waals surface area contributed by atoms with Crippen LogP contribution in [-0.2, 0) is 7.05 Å². The SMILES string of the molecule is Cc1cc2c3ccccc3n(-c3ccccc3)c2cc1-c1nc2cc3ccccc3cc2c[n+]1C. The van der Waals surface area contributed by atoms with Gasteiger partial charge in [0.05, 0.1) is 29.0 Å². The second kappa shape index (κ2) is 7.51. The molecule has 2 aromatic heterocycles. The third kappa shape index (κ3) is 3.05. The highest BCUT2D eigenvalue weighted by molar-refractivity contribution is 6.10. The van der Waals surface area contributed by atoms with E-state index >= 15 is 0 Å². The van der Waals surface area contributed by atoms with E-state index < -0.39 is 0 Å². The predicted molar refractivity (Wildman–Crippen MR) is 145 cm³/mol. The van der Waals surface area contributed by atoms with Crippen molar-refractivity contribution >= 4 is 43.5 Å². The monoisotopic (exact) mass is 450 g/mol. The molecular weight excluding hydrogens is 426 g/mol. The zero-order valence-electron chi connectivity index (χ0n) is 19.7. The van der Waals surface area contributed by atoms with Gasteiger partial charge in [-0.25, -0.2) is 4.57 Å². The predicted octanol–water partition coefficient (Wildman–Crippen LogP) is 7.29. The summed E-state index contributed by atoms with van der Waals surface area (Å²) in [6, 6.07) is 36.8. The van der Waals surface area contributed by atoms with Crippen molar-refractivity contribution in [3.05, 3.63) is 115 Å². The Labute approximate surface area is 203 Å². The molecule has 0 unspecified atom stereocenters. The lowest BCUT2D eigenvalue weighted by Crippen LogP contribution is -2.32. The first-order chi connectivity index (χ1) is 17.2. The van der Waals surface area contributed by atoms with Crippen LogP contribution in [0.2, 0.25) is 0 Å². The lowest BCUT2D eigenvalue weighted by molar-refractivity contribution is -0.661. The Balaban J connectivity index is 1.54. The van der Waals surface area contributed by atoms with Crippen molar-refractivity contribution in [3.8, 4) is 17.1 Å². The van der Waals surface area contributed by atoms with E-state index in [9.17, 15) is 0 Å². The van der Waals surface area contributed by atoms with Crippen LogP contribution >= 0.6 is 0 Å². The summed E-state index contributed by atoms with van der Waals surface area (Å²) in [7, 11) is 2.09. The molecular formula is C32H24N3+. The second-order valence-electron chi connectivity index (χ2n) is 9.31. The van der Waals surface area contributed by atoms with Crippen LogP contribution in [0.3, 0.4) is 0 Å². The Morgan fingerprint density at radius 2 is 1.37 bits per heavy atom. The Kier molecular flexibility index (Phi) is 4.27. The van der Waals surface area contributed by atoms with Crippen LogP contribution in [-0.4, -0.2) is 9.55 Å². The second-order valence-corrected chi connectivity index (χ2v) is 9.31. The Hall–Kier alpha value is -4.50. The van der Waals surface area contributed by atoms with Crippen LogP contribution in [0, 0.1) is 6.92 Å². The van der Waals surface area contributed by atoms with Crippen molar-refractivity contribution < 1.29 is 4.57 Å². The van der Waals surface area contributed by atoms with Crippen LogP contribution in [0.15, 0.2) is 109 Å². The standard InChI is InChI=1S/C32H24N3/c1-21-16-28-26-14-8-9-15-30(26)35(25-12-4-3-5-13-25)31(28)19-27(21)32-33-29-18-23-11-7-6-10-22(23)17-24(29)20-34(32)2/h3-20H,1-2H3/q+1. The number of rotatable bonds is 2. The summed E-state index contributed by atoms with van der Waals surface area (Å²) in [6.07, 6.45) is 2.19. The minimum atomic E-state index is 0.969. The molecule has 0 aliphatic heterocycles. The molecule has 5 aromatic carbocycles. The third-order valence-corrected chi connectivity index (χ3v) is 7.06. The molecule has 0 amide bonds. The van der Waals surface area contributed by atoms with Crippen LogP contribution in [0.1, 0.15) is 5.56 Å². The number of hydrogen-bond donors (Lipinski definition) is 0. The zero-order valence-corrected chi connectivity index (χ0v) is 19.7. The normalized spacial score (nSPS) is 11.7. The molecule has 0 saturated heterocycles. The van der Waals surface area contributed by atoms with Gasteiger partial charge in [0, 0.05) is 16.5 Å². The molecule has 3 nitrogen and oxygen atoms in total. The fourth-order valence-corrected chi connectivity index (χ4v) is 5.38. The van der Waals surface area contributed by atoms with E-state index in [-0.39, 0.29) is 0 Å². The number of fused-ring (bicyclic) bond motifs is 5. The van der Waals surface area contributed by atoms with Crippen molar-refractivity contribution in [1.82, 2.24) is 9.55 Å². The van der Waals surface area contributed by atoms with E-state index in [0.29, 0.717) is 0 Å². The maximum atomic E-state index is 5.17. The molecule has 166 valence electrons. The fraction of sp³-hybridized carbons (Fsp3) is 0.0625. The molecule has 2 heterocycles. The van der Waals surface area contributed by atoms with E-state index in [0.717, 1.165) is 28.0 Å². The number of nitrogens with zero attached hydrogens (tertiary/aromatic N) is 3. The van der Waals surface area contributed by atoms with Gasteiger partial charge < -0.3 is 4.57 Å². The van der Waals surface area contributed by atoms with Crippen LogP contribution in [0.4, 0.5) is 0 Å². The zero-order chi connectivity index (χ0) is 23.5. The van der Waals surface area contributed by atoms with Gasteiger partial charge in [-0.1, -0.05) is 60.7 Å². The fourth-order valence-electron chi connectivity index (χ4n) is 5.38. The van der Waals surface area contributed by atoms with Crippen LogP contribution in [0.5, 0.6) is 0 Å². The largest absolute Gasteiger partial charge is 0.331 e. The van der Waals surface area contributed by atoms with E-state index in [1.807, 2.05) is 0 Å². The van der Waals surface area contributed by atoms with E-state index in [1.165, 1.54) is 38.1 Å². The average Bonchev–Trinajstić information content (AvgIpc) is 3.20. The van der Waals surface area contributed by atoms with Gasteiger partial charge in [0.2, 0.25) is 0 Å². The molecule has 0 radical (unpaired) electrons. The van der Waals surface area contributed by atoms with Gasteiger partial charge in [0.1, 0.15) is 6.20 Å². The maximum absolute atomic E-state index is 5.17. The van der Waals surface area contributed by atoms with Crippen molar-refractivity contribution in [2.24, 2.45) is 7.05 Å². The highest BCUT2D eigenvalue weighted by Gasteiger charge is 2.21. The van der Waals surface area contributed by atoms with Gasteiger partial charge in [-0.3, -0.25) is 0 Å². The lowest BCUT2D eigenvalue weighted by Gasteiger charge is -2.10. The molecule has 0 bridgehead atoms. The first kappa shape index (κ1) is 19.9.